The van der Waals surface area contributed by atoms with E-state index in [-0.39, 0.29) is 11.6 Å². The largest absolute Gasteiger partial charge is 0.478 e. The van der Waals surface area contributed by atoms with Gasteiger partial charge >= 0.3 is 5.97 Å². The molecule has 0 aliphatic carbocycles. The second kappa shape index (κ2) is 4.06. The minimum atomic E-state index is -0.999. The molecule has 1 unspecified atom stereocenters. The fourth-order valence-corrected chi connectivity index (χ4v) is 0.644. The summed E-state index contributed by atoms with van der Waals surface area (Å²) in [5, 5.41) is 8.40. The van der Waals surface area contributed by atoms with E-state index in [0.29, 0.717) is 6.42 Å². The molecule has 3 heteroatoms. The summed E-state index contributed by atoms with van der Waals surface area (Å²) in [7, 11) is 0. The van der Waals surface area contributed by atoms with Crippen LogP contribution in [0.4, 0.5) is 0 Å². The van der Waals surface area contributed by atoms with Gasteiger partial charge in [0, 0.05) is 11.6 Å². The quantitative estimate of drug-likeness (QED) is 0.571. The average molecular weight is 143 g/mol. The first-order valence-electron chi connectivity index (χ1n) is 3.27. The van der Waals surface area contributed by atoms with Gasteiger partial charge < -0.3 is 10.8 Å². The van der Waals surface area contributed by atoms with Crippen LogP contribution in [0.1, 0.15) is 19.8 Å². The molecule has 0 heterocycles. The smallest absolute Gasteiger partial charge is 0.332 e. The summed E-state index contributed by atoms with van der Waals surface area (Å²) < 4.78 is 0. The van der Waals surface area contributed by atoms with E-state index in [2.05, 4.69) is 6.58 Å². The van der Waals surface area contributed by atoms with Crippen molar-refractivity contribution in [2.75, 3.05) is 0 Å². The molecule has 10 heavy (non-hydrogen) atoms. The van der Waals surface area contributed by atoms with Crippen molar-refractivity contribution in [2.45, 2.75) is 25.8 Å². The molecule has 0 radical (unpaired) electrons. The molecule has 0 aliphatic rings. The second-order valence-corrected chi connectivity index (χ2v) is 2.23. The van der Waals surface area contributed by atoms with E-state index in [1.165, 1.54) is 0 Å². The van der Waals surface area contributed by atoms with Crippen LogP contribution in [-0.2, 0) is 4.79 Å². The fraction of sp³-hybridized carbons (Fsp3) is 0.571. The molecular formula is C7H13NO2. The summed E-state index contributed by atoms with van der Waals surface area (Å²) >= 11 is 0. The standard InChI is InChI=1S/C7H13NO2/c1-3-4-6(8)5(2)7(9)10/h6H,2-4,8H2,1H3,(H,9,10). The zero-order valence-electron chi connectivity index (χ0n) is 6.13. The van der Waals surface area contributed by atoms with Gasteiger partial charge in [-0.2, -0.15) is 0 Å². The van der Waals surface area contributed by atoms with E-state index in [9.17, 15) is 4.79 Å². The molecule has 0 aromatic carbocycles. The maximum absolute atomic E-state index is 10.2. The van der Waals surface area contributed by atoms with Gasteiger partial charge in [0.05, 0.1) is 0 Å². The van der Waals surface area contributed by atoms with Crippen molar-refractivity contribution in [1.82, 2.24) is 0 Å². The molecule has 0 bridgehead atoms. The number of hydrogen-bond donors (Lipinski definition) is 2. The monoisotopic (exact) mass is 143 g/mol. The maximum atomic E-state index is 10.2. The highest BCUT2D eigenvalue weighted by Gasteiger charge is 2.11. The lowest BCUT2D eigenvalue weighted by Gasteiger charge is -2.08. The Labute approximate surface area is 60.5 Å². The summed E-state index contributed by atoms with van der Waals surface area (Å²) in [6, 6.07) is -0.387. The molecule has 0 aromatic rings. The lowest BCUT2D eigenvalue weighted by molar-refractivity contribution is -0.132. The Morgan fingerprint density at radius 3 is 2.60 bits per heavy atom. The number of aliphatic carboxylic acids is 1. The van der Waals surface area contributed by atoms with Gasteiger partial charge in [-0.3, -0.25) is 0 Å². The molecule has 0 saturated carbocycles. The van der Waals surface area contributed by atoms with Crippen LogP contribution >= 0.6 is 0 Å². The first-order valence-corrected chi connectivity index (χ1v) is 3.27. The molecule has 3 N–H and O–H groups in total. The van der Waals surface area contributed by atoms with E-state index < -0.39 is 5.97 Å². The third kappa shape index (κ3) is 2.64. The van der Waals surface area contributed by atoms with Gasteiger partial charge in [-0.1, -0.05) is 19.9 Å². The van der Waals surface area contributed by atoms with Crippen LogP contribution in [0.2, 0.25) is 0 Å². The number of carbonyl (C=O) groups is 1. The number of carboxylic acid groups (broad SMARTS) is 1. The zero-order valence-corrected chi connectivity index (χ0v) is 6.13. The van der Waals surface area contributed by atoms with Crippen molar-refractivity contribution in [3.05, 3.63) is 12.2 Å². The van der Waals surface area contributed by atoms with Gasteiger partial charge in [-0.15, -0.1) is 0 Å². The van der Waals surface area contributed by atoms with Crippen molar-refractivity contribution in [1.29, 1.82) is 0 Å². The molecule has 0 rings (SSSR count). The second-order valence-electron chi connectivity index (χ2n) is 2.23. The molecule has 0 saturated heterocycles. The first-order chi connectivity index (χ1) is 4.59. The Bertz CT molecular complexity index is 143. The predicted octanol–water partition coefficient (Wildman–Crippen LogP) is 0.755. The summed E-state index contributed by atoms with van der Waals surface area (Å²) in [6.07, 6.45) is 1.57. The van der Waals surface area contributed by atoms with Gasteiger partial charge in [-0.25, -0.2) is 4.79 Å². The van der Waals surface area contributed by atoms with Crippen LogP contribution in [0.25, 0.3) is 0 Å². The molecule has 1 atom stereocenters. The van der Waals surface area contributed by atoms with Gasteiger partial charge in [-0.05, 0) is 6.42 Å². The highest BCUT2D eigenvalue weighted by molar-refractivity contribution is 5.87. The van der Waals surface area contributed by atoms with Crippen LogP contribution in [0.3, 0.4) is 0 Å². The summed E-state index contributed by atoms with van der Waals surface area (Å²) in [4.78, 5) is 10.2. The van der Waals surface area contributed by atoms with Crippen molar-refractivity contribution in [3.63, 3.8) is 0 Å². The topological polar surface area (TPSA) is 63.3 Å². The van der Waals surface area contributed by atoms with Crippen LogP contribution in [0, 0.1) is 0 Å². The van der Waals surface area contributed by atoms with E-state index in [1.807, 2.05) is 6.92 Å². The lowest BCUT2D eigenvalue weighted by Crippen LogP contribution is -2.26. The molecule has 0 fully saturated rings. The number of rotatable bonds is 4. The first kappa shape index (κ1) is 9.17. The highest BCUT2D eigenvalue weighted by Crippen LogP contribution is 2.03. The van der Waals surface area contributed by atoms with E-state index in [4.69, 9.17) is 10.8 Å². The third-order valence-corrected chi connectivity index (χ3v) is 1.32. The van der Waals surface area contributed by atoms with Gasteiger partial charge in [0.1, 0.15) is 0 Å². The predicted molar refractivity (Wildman–Crippen MR) is 39.7 cm³/mol. The van der Waals surface area contributed by atoms with Gasteiger partial charge in [0.2, 0.25) is 0 Å². The minimum absolute atomic E-state index is 0.0989. The third-order valence-electron chi connectivity index (χ3n) is 1.32. The molecule has 0 aromatic heterocycles. The fourth-order valence-electron chi connectivity index (χ4n) is 0.644. The molecule has 0 spiro atoms. The number of hydrogen-bond acceptors (Lipinski definition) is 2. The summed E-state index contributed by atoms with van der Waals surface area (Å²) in [5.74, 6) is -0.999. The summed E-state index contributed by atoms with van der Waals surface area (Å²) in [5.41, 5.74) is 5.55. The minimum Gasteiger partial charge on any atom is -0.478 e. The number of carboxylic acids is 1. The van der Waals surface area contributed by atoms with E-state index >= 15 is 0 Å². The Morgan fingerprint density at radius 2 is 2.30 bits per heavy atom. The molecular weight excluding hydrogens is 130 g/mol. The Morgan fingerprint density at radius 1 is 1.80 bits per heavy atom. The Hall–Kier alpha value is -0.830. The number of nitrogens with two attached hydrogens (primary N) is 1. The van der Waals surface area contributed by atoms with Crippen molar-refractivity contribution >= 4 is 5.97 Å². The van der Waals surface area contributed by atoms with Gasteiger partial charge in [0.15, 0.2) is 0 Å². The highest BCUT2D eigenvalue weighted by atomic mass is 16.4. The molecule has 0 amide bonds. The Balaban J connectivity index is 3.82. The maximum Gasteiger partial charge on any atom is 0.332 e. The molecule has 58 valence electrons. The van der Waals surface area contributed by atoms with Crippen molar-refractivity contribution < 1.29 is 9.90 Å². The summed E-state index contributed by atoms with van der Waals surface area (Å²) in [6.45, 7) is 5.30. The average Bonchev–Trinajstić information content (AvgIpc) is 1.87. The van der Waals surface area contributed by atoms with Crippen LogP contribution in [0.15, 0.2) is 12.2 Å². The SMILES string of the molecule is C=C(C(=O)O)C(N)CCC. The van der Waals surface area contributed by atoms with Crippen LogP contribution in [-0.4, -0.2) is 17.1 Å². The molecule has 3 nitrogen and oxygen atoms in total. The molecule has 0 aliphatic heterocycles. The lowest BCUT2D eigenvalue weighted by atomic mass is 10.1. The van der Waals surface area contributed by atoms with Gasteiger partial charge in [0.25, 0.3) is 0 Å². The van der Waals surface area contributed by atoms with Crippen molar-refractivity contribution in [2.24, 2.45) is 5.73 Å². The van der Waals surface area contributed by atoms with E-state index in [0.717, 1.165) is 6.42 Å². The Kier molecular flexibility index (Phi) is 3.72. The van der Waals surface area contributed by atoms with E-state index in [1.54, 1.807) is 0 Å². The normalized spacial score (nSPS) is 12.6. The van der Waals surface area contributed by atoms with Crippen LogP contribution in [0.5, 0.6) is 0 Å². The van der Waals surface area contributed by atoms with Crippen molar-refractivity contribution in [3.8, 4) is 0 Å². The van der Waals surface area contributed by atoms with Crippen LogP contribution < -0.4 is 5.73 Å². The zero-order chi connectivity index (χ0) is 8.15.